The van der Waals surface area contributed by atoms with Crippen molar-refractivity contribution in [2.45, 2.75) is 88.1 Å². The lowest BCUT2D eigenvalue weighted by Crippen LogP contribution is -2.21. The number of aryl methyl sites for hydroxylation is 1. The fourth-order valence-electron chi connectivity index (χ4n) is 4.04. The number of nitrogens with one attached hydrogen (secondary N) is 1. The van der Waals surface area contributed by atoms with E-state index in [1.807, 2.05) is 45.9 Å². The Labute approximate surface area is 249 Å². The van der Waals surface area contributed by atoms with E-state index in [2.05, 4.69) is 99.4 Å². The third kappa shape index (κ3) is 11.0. The minimum atomic E-state index is -0.245. The van der Waals surface area contributed by atoms with Crippen molar-refractivity contribution in [3.63, 3.8) is 0 Å². The fraction of sp³-hybridized carbons (Fsp3) is 0.389. The summed E-state index contributed by atoms with van der Waals surface area (Å²) in [5, 5.41) is 3.44. The summed E-state index contributed by atoms with van der Waals surface area (Å²) >= 11 is 0. The molecule has 0 radical (unpaired) electrons. The van der Waals surface area contributed by atoms with Crippen molar-refractivity contribution < 1.29 is 4.39 Å². The third-order valence-corrected chi connectivity index (χ3v) is 6.17. The van der Waals surface area contributed by atoms with Crippen LogP contribution < -0.4 is 5.32 Å². The second-order valence-electron chi connectivity index (χ2n) is 9.33. The number of anilines is 1. The second-order valence-corrected chi connectivity index (χ2v) is 9.33. The van der Waals surface area contributed by atoms with Gasteiger partial charge < -0.3 is 10.2 Å². The topological polar surface area (TPSA) is 41.1 Å². The normalized spacial score (nSPS) is 13.1. The Morgan fingerprint density at radius 3 is 2.10 bits per heavy atom. The van der Waals surface area contributed by atoms with Crippen LogP contribution in [0.2, 0.25) is 0 Å². The molecule has 1 aromatic heterocycles. The number of benzene rings is 2. The first-order valence-electron chi connectivity index (χ1n) is 15.1. The predicted molar refractivity (Wildman–Crippen MR) is 177 cm³/mol. The molecular weight excluding hydrogens is 507 g/mol. The zero-order chi connectivity index (χ0) is 30.8. The van der Waals surface area contributed by atoms with Crippen molar-refractivity contribution in [1.82, 2.24) is 14.9 Å². The van der Waals surface area contributed by atoms with Gasteiger partial charge in [0.25, 0.3) is 0 Å². The molecule has 0 saturated heterocycles. The fourth-order valence-corrected chi connectivity index (χ4v) is 4.04. The van der Waals surface area contributed by atoms with Crippen molar-refractivity contribution >= 4 is 17.2 Å². The van der Waals surface area contributed by atoms with Crippen molar-refractivity contribution in [1.29, 1.82) is 0 Å². The van der Waals surface area contributed by atoms with Crippen LogP contribution in [0.1, 0.15) is 104 Å². The summed E-state index contributed by atoms with van der Waals surface area (Å²) in [5.74, 6) is 0.325. The number of allylic oxidation sites excluding steroid dienone is 3. The molecule has 0 fully saturated rings. The van der Waals surface area contributed by atoms with Gasteiger partial charge in [-0.3, -0.25) is 0 Å². The zero-order valence-electron chi connectivity index (χ0n) is 26.9. The monoisotopic (exact) mass is 558 g/mol. The molecule has 0 aliphatic carbocycles. The summed E-state index contributed by atoms with van der Waals surface area (Å²) in [6.45, 7) is 21.4. The predicted octanol–water partition coefficient (Wildman–Crippen LogP) is 10.6. The smallest absolute Gasteiger partial charge is 0.223 e. The lowest BCUT2D eigenvalue weighted by molar-refractivity contribution is 0.579. The number of aromatic nitrogens is 2. The van der Waals surface area contributed by atoms with Gasteiger partial charge in [-0.1, -0.05) is 103 Å². The van der Waals surface area contributed by atoms with Crippen LogP contribution in [0.3, 0.4) is 0 Å². The average molecular weight is 559 g/mol. The van der Waals surface area contributed by atoms with Gasteiger partial charge in [0.15, 0.2) is 0 Å². The maximum Gasteiger partial charge on any atom is 0.223 e. The number of hydrogen-bond donors (Lipinski definition) is 1. The highest BCUT2D eigenvalue weighted by Crippen LogP contribution is 2.31. The van der Waals surface area contributed by atoms with Crippen LogP contribution in [-0.4, -0.2) is 21.4 Å². The van der Waals surface area contributed by atoms with E-state index in [0.717, 1.165) is 35.5 Å². The van der Waals surface area contributed by atoms with Crippen LogP contribution in [0.15, 0.2) is 84.7 Å². The van der Waals surface area contributed by atoms with Gasteiger partial charge in [0.2, 0.25) is 5.95 Å². The molecule has 1 aliphatic rings. The molecule has 0 spiro atoms. The molecule has 4 nitrogen and oxygen atoms in total. The molecule has 0 bridgehead atoms. The molecule has 0 saturated carbocycles. The molecule has 1 unspecified atom stereocenters. The van der Waals surface area contributed by atoms with Gasteiger partial charge in [-0.05, 0) is 73.7 Å². The van der Waals surface area contributed by atoms with Crippen LogP contribution in [0.4, 0.5) is 10.3 Å². The van der Waals surface area contributed by atoms with E-state index in [0.29, 0.717) is 5.95 Å². The number of rotatable bonds is 7. The SMILES string of the molecule is CC.CC.CCC.CCC1=CCN(/C(=C(\C)c2ccc(F)cc2)c2ccnc(NC(C)c3ccc(C)cc3)n2)C=C1. The molecule has 1 aliphatic heterocycles. The first-order valence-corrected chi connectivity index (χ1v) is 15.1. The molecule has 5 heteroatoms. The number of nitrogens with zero attached hydrogens (tertiary/aromatic N) is 3. The van der Waals surface area contributed by atoms with Crippen molar-refractivity contribution in [3.8, 4) is 0 Å². The third-order valence-electron chi connectivity index (χ3n) is 6.17. The summed E-state index contributed by atoms with van der Waals surface area (Å²) < 4.78 is 13.6. The molecule has 41 heavy (non-hydrogen) atoms. The van der Waals surface area contributed by atoms with Crippen LogP contribution >= 0.6 is 0 Å². The van der Waals surface area contributed by atoms with E-state index in [4.69, 9.17) is 4.98 Å². The van der Waals surface area contributed by atoms with Gasteiger partial charge >= 0.3 is 0 Å². The minimum Gasteiger partial charge on any atom is -0.348 e. The van der Waals surface area contributed by atoms with Crippen LogP contribution in [0.5, 0.6) is 0 Å². The van der Waals surface area contributed by atoms with E-state index in [1.54, 1.807) is 6.20 Å². The van der Waals surface area contributed by atoms with E-state index in [-0.39, 0.29) is 11.9 Å². The van der Waals surface area contributed by atoms with Crippen LogP contribution in [-0.2, 0) is 0 Å². The molecule has 0 amide bonds. The van der Waals surface area contributed by atoms with E-state index in [9.17, 15) is 4.39 Å². The number of hydrogen-bond acceptors (Lipinski definition) is 4. The summed E-state index contributed by atoms with van der Waals surface area (Å²) in [4.78, 5) is 11.5. The summed E-state index contributed by atoms with van der Waals surface area (Å²) in [7, 11) is 0. The number of halogens is 1. The Hall–Kier alpha value is -3.73. The van der Waals surface area contributed by atoms with Crippen molar-refractivity contribution in [2.24, 2.45) is 0 Å². The molecule has 222 valence electrons. The summed E-state index contributed by atoms with van der Waals surface area (Å²) in [5.41, 5.74) is 7.48. The van der Waals surface area contributed by atoms with Gasteiger partial charge in [0, 0.05) is 18.9 Å². The summed E-state index contributed by atoms with van der Waals surface area (Å²) in [6.07, 6.45) is 10.5. The van der Waals surface area contributed by atoms with E-state index in [1.165, 1.54) is 35.3 Å². The van der Waals surface area contributed by atoms with Gasteiger partial charge in [-0.2, -0.15) is 0 Å². The quantitative estimate of drug-likeness (QED) is 0.313. The molecule has 4 rings (SSSR count). The highest BCUT2D eigenvalue weighted by molar-refractivity contribution is 5.88. The summed E-state index contributed by atoms with van der Waals surface area (Å²) in [6, 6.07) is 17.1. The van der Waals surface area contributed by atoms with E-state index < -0.39 is 0 Å². The van der Waals surface area contributed by atoms with Crippen molar-refractivity contribution in [2.75, 3.05) is 11.9 Å². The Morgan fingerprint density at radius 1 is 0.951 bits per heavy atom. The standard InChI is InChI=1S/C29H31FN4.C3H8.2C2H6/c1-5-23-15-18-34(19-16-23)28(21(3)24-10-12-26(30)13-11-24)27-14-17-31-29(33-27)32-22(4)25-8-6-20(2)7-9-25;1-3-2;2*1-2/h6-18,22H,5,19H2,1-4H3,(H,31,32,33);3H2,1-2H3;2*1-2H3/b28-21+;;;. The Bertz CT molecular complexity index is 1240. The first-order chi connectivity index (χ1) is 19.9. The molecule has 2 heterocycles. The largest absolute Gasteiger partial charge is 0.348 e. The van der Waals surface area contributed by atoms with Gasteiger partial charge in [-0.25, -0.2) is 14.4 Å². The molecular formula is C36H51FN4. The highest BCUT2D eigenvalue weighted by Gasteiger charge is 2.18. The van der Waals surface area contributed by atoms with Crippen LogP contribution in [0, 0.1) is 12.7 Å². The molecule has 1 atom stereocenters. The Morgan fingerprint density at radius 2 is 1.56 bits per heavy atom. The zero-order valence-corrected chi connectivity index (χ0v) is 26.9. The maximum atomic E-state index is 13.6. The van der Waals surface area contributed by atoms with Gasteiger partial charge in [0.1, 0.15) is 5.82 Å². The molecule has 2 aromatic carbocycles. The Kier molecular flexibility index (Phi) is 16.7. The lowest BCUT2D eigenvalue weighted by Gasteiger charge is -2.27. The molecule has 1 N–H and O–H groups in total. The molecule has 3 aromatic rings. The minimum absolute atomic E-state index is 0.0615. The maximum absolute atomic E-state index is 13.6. The second kappa shape index (κ2) is 19.4. The van der Waals surface area contributed by atoms with Gasteiger partial charge in [-0.15, -0.1) is 0 Å². The first kappa shape index (κ1) is 35.3. The van der Waals surface area contributed by atoms with Crippen molar-refractivity contribution in [3.05, 3.63) is 113 Å². The highest BCUT2D eigenvalue weighted by atomic mass is 19.1. The van der Waals surface area contributed by atoms with E-state index >= 15 is 0 Å². The lowest BCUT2D eigenvalue weighted by atomic mass is 10.0. The Balaban J connectivity index is 0.00000110. The van der Waals surface area contributed by atoms with Crippen LogP contribution in [0.25, 0.3) is 11.3 Å². The average Bonchev–Trinajstić information content (AvgIpc) is 3.01. The van der Waals surface area contributed by atoms with Gasteiger partial charge in [0.05, 0.1) is 17.4 Å².